The quantitative estimate of drug-likeness (QED) is 0.527. The molecule has 1 unspecified atom stereocenters. The van der Waals surface area contributed by atoms with Crippen LogP contribution < -0.4 is 0 Å². The number of ether oxygens (including phenoxy) is 4. The van der Waals surface area contributed by atoms with Crippen LogP contribution in [0.5, 0.6) is 0 Å². The van der Waals surface area contributed by atoms with E-state index in [1.54, 1.807) is 0 Å². The molecule has 8 heteroatoms. The highest BCUT2D eigenvalue weighted by molar-refractivity contribution is 7.99. The molecule has 0 radical (unpaired) electrons. The Morgan fingerprint density at radius 3 is 2.05 bits per heavy atom. The van der Waals surface area contributed by atoms with Gasteiger partial charge in [-0.15, -0.1) is 11.8 Å². The van der Waals surface area contributed by atoms with Gasteiger partial charge in [-0.2, -0.15) is 0 Å². The molecule has 1 fully saturated rings. The second-order valence-corrected chi connectivity index (χ2v) is 5.82. The number of thioether (sulfide) groups is 1. The van der Waals surface area contributed by atoms with Crippen LogP contribution in [-0.2, 0) is 33.3 Å². The third-order valence-corrected chi connectivity index (χ3v) is 3.69. The van der Waals surface area contributed by atoms with Crippen molar-refractivity contribution in [3.05, 3.63) is 0 Å². The van der Waals surface area contributed by atoms with E-state index in [1.165, 1.54) is 32.5 Å². The Morgan fingerprint density at radius 1 is 1.00 bits per heavy atom. The van der Waals surface area contributed by atoms with Gasteiger partial charge in [-0.1, -0.05) is 6.92 Å². The van der Waals surface area contributed by atoms with Gasteiger partial charge in [0.25, 0.3) is 0 Å². The Balaban J connectivity index is 2.87. The molecule has 21 heavy (non-hydrogen) atoms. The van der Waals surface area contributed by atoms with Crippen molar-refractivity contribution in [1.29, 1.82) is 0 Å². The third-order valence-electron chi connectivity index (χ3n) is 2.65. The van der Waals surface area contributed by atoms with Crippen molar-refractivity contribution in [2.24, 2.45) is 0 Å². The largest absolute Gasteiger partial charge is 0.463 e. The number of esters is 3. The van der Waals surface area contributed by atoms with Crippen LogP contribution >= 0.6 is 11.8 Å². The van der Waals surface area contributed by atoms with E-state index in [1.807, 2.05) is 6.92 Å². The molecular formula is C13H20O7S. The average molecular weight is 320 g/mol. The van der Waals surface area contributed by atoms with Gasteiger partial charge in [-0.3, -0.25) is 14.4 Å². The van der Waals surface area contributed by atoms with E-state index in [0.29, 0.717) is 0 Å². The van der Waals surface area contributed by atoms with Crippen LogP contribution in [0.3, 0.4) is 0 Å². The minimum atomic E-state index is -0.796. The molecule has 1 aliphatic heterocycles. The lowest BCUT2D eigenvalue weighted by molar-refractivity contribution is -0.165. The first kappa shape index (κ1) is 17.8. The van der Waals surface area contributed by atoms with Gasteiger partial charge < -0.3 is 18.9 Å². The van der Waals surface area contributed by atoms with Crippen molar-refractivity contribution in [3.8, 4) is 0 Å². The van der Waals surface area contributed by atoms with Crippen LogP contribution in [0, 0.1) is 0 Å². The molecule has 1 heterocycles. The summed E-state index contributed by atoms with van der Waals surface area (Å²) in [6, 6.07) is 0. The summed E-state index contributed by atoms with van der Waals surface area (Å²) in [5.74, 6) is -0.739. The zero-order chi connectivity index (χ0) is 16.0. The van der Waals surface area contributed by atoms with Gasteiger partial charge >= 0.3 is 17.9 Å². The van der Waals surface area contributed by atoms with Gasteiger partial charge in [-0.25, -0.2) is 0 Å². The maximum Gasteiger partial charge on any atom is 0.303 e. The molecule has 0 aliphatic carbocycles. The molecule has 0 aromatic carbocycles. The van der Waals surface area contributed by atoms with Gasteiger partial charge in [-0.05, 0) is 5.75 Å². The molecule has 120 valence electrons. The van der Waals surface area contributed by atoms with Crippen LogP contribution in [-0.4, -0.2) is 54.0 Å². The molecular weight excluding hydrogens is 300 g/mol. The fraction of sp³-hybridized carbons (Fsp3) is 0.769. The summed E-state index contributed by atoms with van der Waals surface area (Å²) in [5.41, 5.74) is -0.469. The standard InChI is InChI=1S/C13H20O7S/c1-5-21-13-12(19-9(4)16)11(18-8(3)15)10(20-13)6-17-7(2)14/h10-13H,5-6H2,1-4H3/t10-,11-,12-,13?/m1/s1. The summed E-state index contributed by atoms with van der Waals surface area (Å²) in [6.45, 7) is 5.68. The number of hydrogen-bond donors (Lipinski definition) is 0. The van der Waals surface area contributed by atoms with E-state index in [4.69, 9.17) is 18.9 Å². The summed E-state index contributed by atoms with van der Waals surface area (Å²) >= 11 is 1.43. The summed E-state index contributed by atoms with van der Waals surface area (Å²) in [5, 5.41) is 0. The highest BCUT2D eigenvalue weighted by Gasteiger charge is 2.49. The fourth-order valence-electron chi connectivity index (χ4n) is 1.97. The van der Waals surface area contributed by atoms with Crippen molar-refractivity contribution < 1.29 is 33.3 Å². The first-order chi connectivity index (χ1) is 9.85. The highest BCUT2D eigenvalue weighted by atomic mass is 32.2. The van der Waals surface area contributed by atoms with Crippen LogP contribution in [0.15, 0.2) is 0 Å². The minimum absolute atomic E-state index is 0.0637. The second kappa shape index (κ2) is 8.23. The lowest BCUT2D eigenvalue weighted by atomic mass is 10.1. The molecule has 7 nitrogen and oxygen atoms in total. The topological polar surface area (TPSA) is 88.1 Å². The third kappa shape index (κ3) is 5.55. The molecule has 0 bridgehead atoms. The first-order valence-electron chi connectivity index (χ1n) is 6.60. The number of carbonyl (C=O) groups is 3. The van der Waals surface area contributed by atoms with E-state index in [9.17, 15) is 14.4 Å². The first-order valence-corrected chi connectivity index (χ1v) is 7.64. The zero-order valence-corrected chi connectivity index (χ0v) is 13.3. The predicted molar refractivity (Wildman–Crippen MR) is 74.5 cm³/mol. The molecule has 0 N–H and O–H groups in total. The van der Waals surface area contributed by atoms with Crippen LogP contribution in [0.4, 0.5) is 0 Å². The van der Waals surface area contributed by atoms with E-state index in [2.05, 4.69) is 0 Å². The van der Waals surface area contributed by atoms with Gasteiger partial charge in [0.2, 0.25) is 0 Å². The molecule has 0 aromatic heterocycles. The van der Waals surface area contributed by atoms with Gasteiger partial charge in [0, 0.05) is 20.8 Å². The number of carbonyl (C=O) groups excluding carboxylic acids is 3. The second-order valence-electron chi connectivity index (χ2n) is 4.45. The van der Waals surface area contributed by atoms with Crippen LogP contribution in [0.2, 0.25) is 0 Å². The van der Waals surface area contributed by atoms with Crippen LogP contribution in [0.1, 0.15) is 27.7 Å². The molecule has 0 spiro atoms. The Morgan fingerprint density at radius 2 is 1.57 bits per heavy atom. The summed E-state index contributed by atoms with van der Waals surface area (Å²) in [7, 11) is 0. The van der Waals surface area contributed by atoms with Crippen LogP contribution in [0.25, 0.3) is 0 Å². The van der Waals surface area contributed by atoms with Gasteiger partial charge in [0.05, 0.1) is 0 Å². The normalized spacial score (nSPS) is 28.0. The van der Waals surface area contributed by atoms with Crippen molar-refractivity contribution in [2.45, 2.75) is 51.4 Å². The molecule has 0 aromatic rings. The molecule has 0 amide bonds. The maximum absolute atomic E-state index is 11.2. The van der Waals surface area contributed by atoms with Crippen molar-refractivity contribution in [1.82, 2.24) is 0 Å². The number of hydrogen-bond acceptors (Lipinski definition) is 8. The Kier molecular flexibility index (Phi) is 6.97. The smallest absolute Gasteiger partial charge is 0.303 e. The molecule has 1 saturated heterocycles. The molecule has 1 rings (SSSR count). The Bertz CT molecular complexity index is 398. The van der Waals surface area contributed by atoms with E-state index < -0.39 is 41.7 Å². The van der Waals surface area contributed by atoms with E-state index in [-0.39, 0.29) is 6.61 Å². The predicted octanol–water partition coefficient (Wildman–Crippen LogP) is 0.891. The monoisotopic (exact) mass is 320 g/mol. The van der Waals surface area contributed by atoms with Crippen molar-refractivity contribution >= 4 is 29.7 Å². The Hall–Kier alpha value is -1.28. The summed E-state index contributed by atoms with van der Waals surface area (Å²) in [6.07, 6.45) is -2.18. The lowest BCUT2D eigenvalue weighted by Crippen LogP contribution is -2.40. The molecule has 1 aliphatic rings. The van der Waals surface area contributed by atoms with E-state index >= 15 is 0 Å². The van der Waals surface area contributed by atoms with Crippen molar-refractivity contribution in [2.75, 3.05) is 12.4 Å². The van der Waals surface area contributed by atoms with Crippen molar-refractivity contribution in [3.63, 3.8) is 0 Å². The SMILES string of the molecule is CCSC1O[C@H](COC(C)=O)[C@@H](OC(C)=O)[C@H]1OC(C)=O. The average Bonchev–Trinajstić information content (AvgIpc) is 2.65. The Labute approximate surface area is 127 Å². The highest BCUT2D eigenvalue weighted by Crippen LogP contribution is 2.33. The molecule has 4 atom stereocenters. The summed E-state index contributed by atoms with van der Waals surface area (Å²) < 4.78 is 21.0. The fourth-order valence-corrected chi connectivity index (χ4v) is 2.92. The van der Waals surface area contributed by atoms with Gasteiger partial charge in [0.15, 0.2) is 12.2 Å². The maximum atomic E-state index is 11.2. The minimum Gasteiger partial charge on any atom is -0.463 e. The summed E-state index contributed by atoms with van der Waals surface area (Å²) in [4.78, 5) is 33.4. The van der Waals surface area contributed by atoms with Gasteiger partial charge in [0.1, 0.15) is 18.1 Å². The van der Waals surface area contributed by atoms with E-state index in [0.717, 1.165) is 5.75 Å². The molecule has 0 saturated carbocycles. The zero-order valence-electron chi connectivity index (χ0n) is 12.5. The lowest BCUT2D eigenvalue weighted by Gasteiger charge is -2.23. The number of rotatable bonds is 6.